The highest BCUT2D eigenvalue weighted by atomic mass is 16.5. The summed E-state index contributed by atoms with van der Waals surface area (Å²) in [6.07, 6.45) is 31.9. The number of unbranched alkanes of at least 4 members (excludes halogenated alkanes) is 21. The number of amides is 4. The first-order valence-corrected chi connectivity index (χ1v) is 23.7. The maximum Gasteiger partial charge on any atom is 0.242 e. The van der Waals surface area contributed by atoms with Crippen molar-refractivity contribution in [3.63, 3.8) is 0 Å². The van der Waals surface area contributed by atoms with Crippen molar-refractivity contribution in [3.8, 4) is 0 Å². The fourth-order valence-electron chi connectivity index (χ4n) is 6.71. The van der Waals surface area contributed by atoms with Gasteiger partial charge in [0.15, 0.2) is 0 Å². The summed E-state index contributed by atoms with van der Waals surface area (Å²) in [7, 11) is 0. The number of hydrogen-bond acceptors (Lipinski definition) is 7. The van der Waals surface area contributed by atoms with Crippen molar-refractivity contribution in [1.29, 1.82) is 0 Å². The van der Waals surface area contributed by atoms with E-state index in [2.05, 4.69) is 35.1 Å². The molecule has 0 rings (SSSR count). The molecule has 0 aromatic rings. The number of carbonyl (C=O) groups excluding carboxylic acids is 4. The molecule has 1 atom stereocenters. The Balaban J connectivity index is 4.29. The SMILES string of the molecule is CCCCCCCCCCCCCC(=O)NCCCC[C@@H](NC(=O)CCCCCCCCCCCCC)C(=O)NCCCOCCOCCOCCCNC(C)=O. The van der Waals surface area contributed by atoms with Gasteiger partial charge in [0.2, 0.25) is 23.6 Å². The van der Waals surface area contributed by atoms with Crippen LogP contribution in [-0.4, -0.2) is 88.9 Å². The van der Waals surface area contributed by atoms with Gasteiger partial charge in [0.1, 0.15) is 6.04 Å². The van der Waals surface area contributed by atoms with Crippen molar-refractivity contribution in [2.45, 2.75) is 213 Å². The van der Waals surface area contributed by atoms with Gasteiger partial charge in [-0.15, -0.1) is 0 Å². The predicted molar refractivity (Wildman–Crippen MR) is 234 cm³/mol. The third-order valence-corrected chi connectivity index (χ3v) is 10.3. The predicted octanol–water partition coefficient (Wildman–Crippen LogP) is 9.24. The highest BCUT2D eigenvalue weighted by molar-refractivity contribution is 5.87. The van der Waals surface area contributed by atoms with E-state index in [9.17, 15) is 19.2 Å². The molecule has 0 unspecified atom stereocenters. The maximum absolute atomic E-state index is 13.2. The van der Waals surface area contributed by atoms with E-state index in [-0.39, 0.29) is 23.6 Å². The summed E-state index contributed by atoms with van der Waals surface area (Å²) in [5.41, 5.74) is 0. The molecule has 57 heavy (non-hydrogen) atoms. The van der Waals surface area contributed by atoms with Crippen LogP contribution in [0, 0.1) is 0 Å². The van der Waals surface area contributed by atoms with E-state index in [1.165, 1.54) is 116 Å². The van der Waals surface area contributed by atoms with E-state index in [0.717, 1.165) is 51.4 Å². The molecule has 0 aromatic carbocycles. The van der Waals surface area contributed by atoms with Gasteiger partial charge in [-0.05, 0) is 44.9 Å². The summed E-state index contributed by atoms with van der Waals surface area (Å²) >= 11 is 0. The van der Waals surface area contributed by atoms with E-state index in [1.807, 2.05) is 0 Å². The minimum absolute atomic E-state index is 0.0343. The normalized spacial score (nSPS) is 11.7. The minimum Gasteiger partial charge on any atom is -0.379 e. The fraction of sp³-hybridized carbons (Fsp3) is 0.913. The lowest BCUT2D eigenvalue weighted by atomic mass is 10.0. The first-order chi connectivity index (χ1) is 27.9. The number of ether oxygens (including phenoxy) is 3. The molecular formula is C46H90N4O7. The molecule has 4 amide bonds. The van der Waals surface area contributed by atoms with Gasteiger partial charge in [0.25, 0.3) is 0 Å². The molecular weight excluding hydrogens is 721 g/mol. The van der Waals surface area contributed by atoms with Crippen LogP contribution in [0.25, 0.3) is 0 Å². The molecule has 0 spiro atoms. The number of rotatable bonds is 45. The third-order valence-electron chi connectivity index (χ3n) is 10.3. The third kappa shape index (κ3) is 43.2. The van der Waals surface area contributed by atoms with Gasteiger partial charge >= 0.3 is 0 Å². The zero-order chi connectivity index (χ0) is 41.7. The van der Waals surface area contributed by atoms with Crippen molar-refractivity contribution in [2.24, 2.45) is 0 Å². The van der Waals surface area contributed by atoms with Gasteiger partial charge in [-0.1, -0.05) is 142 Å². The molecule has 0 saturated carbocycles. The van der Waals surface area contributed by atoms with Crippen LogP contribution in [0.3, 0.4) is 0 Å². The second kappa shape index (κ2) is 44.9. The van der Waals surface area contributed by atoms with Gasteiger partial charge < -0.3 is 35.5 Å². The fourth-order valence-corrected chi connectivity index (χ4v) is 6.71. The smallest absolute Gasteiger partial charge is 0.242 e. The van der Waals surface area contributed by atoms with Crippen LogP contribution >= 0.6 is 0 Å². The molecule has 336 valence electrons. The Morgan fingerprint density at radius 1 is 0.404 bits per heavy atom. The molecule has 0 aliphatic carbocycles. The van der Waals surface area contributed by atoms with Crippen LogP contribution in [0.15, 0.2) is 0 Å². The second-order valence-electron chi connectivity index (χ2n) is 15.9. The Bertz CT molecular complexity index is 923. The molecule has 11 nitrogen and oxygen atoms in total. The molecule has 0 aliphatic heterocycles. The lowest BCUT2D eigenvalue weighted by Gasteiger charge is -2.19. The van der Waals surface area contributed by atoms with Gasteiger partial charge in [-0.25, -0.2) is 0 Å². The van der Waals surface area contributed by atoms with Crippen LogP contribution in [0.2, 0.25) is 0 Å². The lowest BCUT2D eigenvalue weighted by Crippen LogP contribution is -2.47. The van der Waals surface area contributed by atoms with Crippen molar-refractivity contribution in [1.82, 2.24) is 21.3 Å². The molecule has 0 aliphatic rings. The standard InChI is InChI=1S/C46H90N4O7/c1-4-6-8-10-12-14-16-18-20-22-24-31-44(52)48-33-27-26-30-43(50-45(53)32-25-23-21-19-17-15-13-11-9-7-5-2)46(54)49-35-29-37-56-39-41-57-40-38-55-36-28-34-47-42(3)51/h43H,4-41H2,1-3H3,(H,47,51)(H,48,52)(H,49,54)(H,50,53)/t43-/m1/s1. The van der Waals surface area contributed by atoms with Crippen LogP contribution in [-0.2, 0) is 33.4 Å². The molecule has 0 heterocycles. The zero-order valence-electron chi connectivity index (χ0n) is 37.3. The summed E-state index contributed by atoms with van der Waals surface area (Å²) in [5.74, 6) is -0.156. The maximum atomic E-state index is 13.2. The van der Waals surface area contributed by atoms with Gasteiger partial charge in [-0.2, -0.15) is 0 Å². The first-order valence-electron chi connectivity index (χ1n) is 23.7. The molecule has 4 N–H and O–H groups in total. The average molecular weight is 811 g/mol. The van der Waals surface area contributed by atoms with Crippen molar-refractivity contribution in [2.75, 3.05) is 59.3 Å². The number of carbonyl (C=O) groups is 4. The van der Waals surface area contributed by atoms with Crippen LogP contribution in [0.1, 0.15) is 207 Å². The minimum atomic E-state index is -0.584. The van der Waals surface area contributed by atoms with Crippen LogP contribution < -0.4 is 21.3 Å². The Morgan fingerprint density at radius 3 is 1.25 bits per heavy atom. The molecule has 0 bridgehead atoms. The quantitative estimate of drug-likeness (QED) is 0.0449. The highest BCUT2D eigenvalue weighted by Gasteiger charge is 2.20. The van der Waals surface area contributed by atoms with Gasteiger partial charge in [-0.3, -0.25) is 19.2 Å². The molecule has 0 radical (unpaired) electrons. The molecule has 11 heteroatoms. The van der Waals surface area contributed by atoms with E-state index in [0.29, 0.717) is 85.0 Å². The summed E-state index contributed by atoms with van der Waals surface area (Å²) in [6.45, 7) is 10.7. The van der Waals surface area contributed by atoms with Crippen molar-refractivity contribution in [3.05, 3.63) is 0 Å². The Labute approximate surface area is 349 Å². The molecule has 0 aromatic heterocycles. The van der Waals surface area contributed by atoms with E-state index in [4.69, 9.17) is 14.2 Å². The molecule has 0 saturated heterocycles. The Morgan fingerprint density at radius 2 is 0.789 bits per heavy atom. The Hall–Kier alpha value is -2.24. The van der Waals surface area contributed by atoms with E-state index in [1.54, 1.807) is 0 Å². The summed E-state index contributed by atoms with van der Waals surface area (Å²) < 4.78 is 16.6. The monoisotopic (exact) mass is 811 g/mol. The highest BCUT2D eigenvalue weighted by Crippen LogP contribution is 2.13. The number of nitrogens with one attached hydrogen (secondary N) is 4. The van der Waals surface area contributed by atoms with Crippen molar-refractivity contribution >= 4 is 23.6 Å². The summed E-state index contributed by atoms with van der Waals surface area (Å²) in [4.78, 5) is 49.2. The largest absolute Gasteiger partial charge is 0.379 e. The number of hydrogen-bond donors (Lipinski definition) is 4. The van der Waals surface area contributed by atoms with Crippen molar-refractivity contribution < 1.29 is 33.4 Å². The molecule has 0 fully saturated rings. The van der Waals surface area contributed by atoms with Gasteiger partial charge in [0, 0.05) is 52.6 Å². The van der Waals surface area contributed by atoms with Crippen LogP contribution in [0.5, 0.6) is 0 Å². The van der Waals surface area contributed by atoms with E-state index >= 15 is 0 Å². The van der Waals surface area contributed by atoms with Gasteiger partial charge in [0.05, 0.1) is 26.4 Å². The Kier molecular flexibility index (Phi) is 43.1. The first kappa shape index (κ1) is 54.8. The lowest BCUT2D eigenvalue weighted by molar-refractivity contribution is -0.129. The average Bonchev–Trinajstić information content (AvgIpc) is 3.19. The second-order valence-corrected chi connectivity index (χ2v) is 15.9. The van der Waals surface area contributed by atoms with E-state index < -0.39 is 6.04 Å². The topological polar surface area (TPSA) is 144 Å². The van der Waals surface area contributed by atoms with Crippen LogP contribution in [0.4, 0.5) is 0 Å². The summed E-state index contributed by atoms with van der Waals surface area (Å²) in [6, 6.07) is -0.584. The zero-order valence-corrected chi connectivity index (χ0v) is 37.3. The summed E-state index contributed by atoms with van der Waals surface area (Å²) in [5, 5.41) is 11.8.